The highest BCUT2D eigenvalue weighted by atomic mass is 15.2. The SMILES string of the molecule is CC(C)(C)N1CCC(c2ccncc2)CC1. The summed E-state index contributed by atoms with van der Waals surface area (Å²) >= 11 is 0. The number of pyridine rings is 1. The first-order chi connectivity index (χ1) is 7.57. The highest BCUT2D eigenvalue weighted by Crippen LogP contribution is 2.30. The van der Waals surface area contributed by atoms with E-state index in [1.54, 1.807) is 0 Å². The molecule has 2 heterocycles. The number of hydrogen-bond acceptors (Lipinski definition) is 2. The average molecular weight is 218 g/mol. The van der Waals surface area contributed by atoms with Crippen LogP contribution in [0.4, 0.5) is 0 Å². The first-order valence-corrected chi connectivity index (χ1v) is 6.22. The zero-order valence-electron chi connectivity index (χ0n) is 10.6. The van der Waals surface area contributed by atoms with Crippen molar-refractivity contribution in [3.05, 3.63) is 30.1 Å². The number of piperidine rings is 1. The predicted molar refractivity (Wildman–Crippen MR) is 67.5 cm³/mol. The highest BCUT2D eigenvalue weighted by Gasteiger charge is 2.27. The van der Waals surface area contributed by atoms with Crippen LogP contribution >= 0.6 is 0 Å². The number of nitrogens with zero attached hydrogens (tertiary/aromatic N) is 2. The maximum atomic E-state index is 4.08. The molecule has 2 nitrogen and oxygen atoms in total. The Kier molecular flexibility index (Phi) is 3.29. The summed E-state index contributed by atoms with van der Waals surface area (Å²) in [5.74, 6) is 0.738. The summed E-state index contributed by atoms with van der Waals surface area (Å²) in [5, 5.41) is 0. The van der Waals surface area contributed by atoms with Crippen molar-refractivity contribution in [1.82, 2.24) is 9.88 Å². The Morgan fingerprint density at radius 1 is 1.12 bits per heavy atom. The molecule has 1 fully saturated rings. The fourth-order valence-electron chi connectivity index (χ4n) is 2.52. The summed E-state index contributed by atoms with van der Waals surface area (Å²) in [7, 11) is 0. The number of likely N-dealkylation sites (tertiary alicyclic amines) is 1. The second-order valence-corrected chi connectivity index (χ2v) is 5.71. The minimum Gasteiger partial charge on any atom is -0.298 e. The van der Waals surface area contributed by atoms with Crippen LogP contribution in [0.3, 0.4) is 0 Å². The molecule has 1 aliphatic heterocycles. The van der Waals surface area contributed by atoms with Gasteiger partial charge in [-0.05, 0) is 70.3 Å². The van der Waals surface area contributed by atoms with E-state index in [1.165, 1.54) is 31.5 Å². The minimum atomic E-state index is 0.323. The zero-order valence-corrected chi connectivity index (χ0v) is 10.6. The zero-order chi connectivity index (χ0) is 11.6. The number of hydrogen-bond donors (Lipinski definition) is 0. The van der Waals surface area contributed by atoms with Gasteiger partial charge in [0.15, 0.2) is 0 Å². The van der Waals surface area contributed by atoms with E-state index in [0.717, 1.165) is 5.92 Å². The normalized spacial score (nSPS) is 19.9. The van der Waals surface area contributed by atoms with Crippen molar-refractivity contribution < 1.29 is 0 Å². The van der Waals surface area contributed by atoms with Crippen molar-refractivity contribution >= 4 is 0 Å². The molecule has 0 amide bonds. The molecular formula is C14H22N2. The van der Waals surface area contributed by atoms with Gasteiger partial charge >= 0.3 is 0 Å². The topological polar surface area (TPSA) is 16.1 Å². The summed E-state index contributed by atoms with van der Waals surface area (Å²) < 4.78 is 0. The molecule has 0 aliphatic carbocycles. The molecule has 88 valence electrons. The maximum absolute atomic E-state index is 4.08. The lowest BCUT2D eigenvalue weighted by Gasteiger charge is -2.41. The molecule has 2 heteroatoms. The summed E-state index contributed by atoms with van der Waals surface area (Å²) in [6.07, 6.45) is 6.37. The monoisotopic (exact) mass is 218 g/mol. The molecule has 1 aromatic heterocycles. The van der Waals surface area contributed by atoms with Gasteiger partial charge in [-0.15, -0.1) is 0 Å². The van der Waals surface area contributed by atoms with Crippen molar-refractivity contribution in [1.29, 1.82) is 0 Å². The Hall–Kier alpha value is -0.890. The average Bonchev–Trinajstić information content (AvgIpc) is 2.29. The lowest BCUT2D eigenvalue weighted by molar-refractivity contribution is 0.102. The van der Waals surface area contributed by atoms with Crippen LogP contribution in [0.5, 0.6) is 0 Å². The van der Waals surface area contributed by atoms with Gasteiger partial charge < -0.3 is 0 Å². The summed E-state index contributed by atoms with van der Waals surface area (Å²) in [6.45, 7) is 9.35. The van der Waals surface area contributed by atoms with Crippen molar-refractivity contribution in [2.45, 2.75) is 45.1 Å². The van der Waals surface area contributed by atoms with E-state index >= 15 is 0 Å². The van der Waals surface area contributed by atoms with E-state index in [-0.39, 0.29) is 0 Å². The number of aromatic nitrogens is 1. The lowest BCUT2D eigenvalue weighted by atomic mass is 9.88. The minimum absolute atomic E-state index is 0.323. The maximum Gasteiger partial charge on any atom is 0.0270 e. The molecule has 16 heavy (non-hydrogen) atoms. The Balaban J connectivity index is 1.96. The highest BCUT2D eigenvalue weighted by molar-refractivity contribution is 5.16. The van der Waals surface area contributed by atoms with Crippen LogP contribution in [0, 0.1) is 0 Å². The first kappa shape index (κ1) is 11.6. The molecule has 1 saturated heterocycles. The molecule has 0 unspecified atom stereocenters. The molecule has 0 bridgehead atoms. The van der Waals surface area contributed by atoms with Crippen LogP contribution in [0.2, 0.25) is 0 Å². The van der Waals surface area contributed by atoms with E-state index in [0.29, 0.717) is 5.54 Å². The molecular weight excluding hydrogens is 196 g/mol. The van der Waals surface area contributed by atoms with Crippen LogP contribution in [-0.4, -0.2) is 28.5 Å². The third-order valence-corrected chi connectivity index (χ3v) is 3.62. The van der Waals surface area contributed by atoms with Crippen LogP contribution < -0.4 is 0 Å². The van der Waals surface area contributed by atoms with Gasteiger partial charge in [-0.2, -0.15) is 0 Å². The Labute approximate surface area is 98.7 Å². The van der Waals surface area contributed by atoms with Crippen LogP contribution in [0.25, 0.3) is 0 Å². The third kappa shape index (κ3) is 2.62. The van der Waals surface area contributed by atoms with Crippen molar-refractivity contribution in [2.24, 2.45) is 0 Å². The molecule has 0 saturated carbocycles. The van der Waals surface area contributed by atoms with Gasteiger partial charge in [-0.1, -0.05) is 0 Å². The van der Waals surface area contributed by atoms with Crippen molar-refractivity contribution in [3.8, 4) is 0 Å². The molecule has 2 rings (SSSR count). The van der Waals surface area contributed by atoms with E-state index < -0.39 is 0 Å². The van der Waals surface area contributed by atoms with Gasteiger partial charge in [0.2, 0.25) is 0 Å². The van der Waals surface area contributed by atoms with Crippen LogP contribution in [-0.2, 0) is 0 Å². The van der Waals surface area contributed by atoms with Crippen molar-refractivity contribution in [3.63, 3.8) is 0 Å². The second-order valence-electron chi connectivity index (χ2n) is 5.71. The summed E-state index contributed by atoms with van der Waals surface area (Å²) in [6, 6.07) is 4.33. The molecule has 0 spiro atoms. The predicted octanol–water partition coefficient (Wildman–Crippen LogP) is 3.06. The van der Waals surface area contributed by atoms with Crippen molar-refractivity contribution in [2.75, 3.05) is 13.1 Å². The first-order valence-electron chi connectivity index (χ1n) is 6.22. The van der Waals surface area contributed by atoms with Gasteiger partial charge in [-0.25, -0.2) is 0 Å². The third-order valence-electron chi connectivity index (χ3n) is 3.62. The van der Waals surface area contributed by atoms with E-state index in [4.69, 9.17) is 0 Å². The molecule has 1 aromatic rings. The van der Waals surface area contributed by atoms with Gasteiger partial charge in [0.25, 0.3) is 0 Å². The van der Waals surface area contributed by atoms with Gasteiger partial charge in [0.05, 0.1) is 0 Å². The molecule has 0 N–H and O–H groups in total. The van der Waals surface area contributed by atoms with Gasteiger partial charge in [-0.3, -0.25) is 9.88 Å². The molecule has 0 aromatic carbocycles. The van der Waals surface area contributed by atoms with Crippen LogP contribution in [0.1, 0.15) is 45.1 Å². The molecule has 0 radical (unpaired) electrons. The second kappa shape index (κ2) is 4.54. The fraction of sp³-hybridized carbons (Fsp3) is 0.643. The largest absolute Gasteiger partial charge is 0.298 e. The smallest absolute Gasteiger partial charge is 0.0270 e. The lowest BCUT2D eigenvalue weighted by Crippen LogP contribution is -2.45. The Morgan fingerprint density at radius 3 is 2.19 bits per heavy atom. The van der Waals surface area contributed by atoms with E-state index in [9.17, 15) is 0 Å². The quantitative estimate of drug-likeness (QED) is 0.720. The molecule has 1 aliphatic rings. The summed E-state index contributed by atoms with van der Waals surface area (Å²) in [5.41, 5.74) is 1.78. The number of rotatable bonds is 1. The van der Waals surface area contributed by atoms with E-state index in [2.05, 4.69) is 42.8 Å². The van der Waals surface area contributed by atoms with E-state index in [1.807, 2.05) is 12.4 Å². The Bertz CT molecular complexity index is 318. The van der Waals surface area contributed by atoms with Gasteiger partial charge in [0.1, 0.15) is 0 Å². The Morgan fingerprint density at radius 2 is 1.69 bits per heavy atom. The fourth-order valence-corrected chi connectivity index (χ4v) is 2.52. The molecule has 0 atom stereocenters. The summed E-state index contributed by atoms with van der Waals surface area (Å²) in [4.78, 5) is 6.67. The van der Waals surface area contributed by atoms with Gasteiger partial charge in [0, 0.05) is 17.9 Å². The van der Waals surface area contributed by atoms with Crippen LogP contribution in [0.15, 0.2) is 24.5 Å². The standard InChI is InChI=1S/C14H22N2/c1-14(2,3)16-10-6-13(7-11-16)12-4-8-15-9-5-12/h4-5,8-9,13H,6-7,10-11H2,1-3H3.